The first kappa shape index (κ1) is 20.7. The van der Waals surface area contributed by atoms with E-state index in [2.05, 4.69) is 4.98 Å². The highest BCUT2D eigenvalue weighted by Crippen LogP contribution is 2.16. The van der Waals surface area contributed by atoms with E-state index in [1.807, 2.05) is 43.7 Å². The molecular formula is C15H21Cl2N3OS. The maximum atomic E-state index is 12.1. The quantitative estimate of drug-likeness (QED) is 0.829. The van der Waals surface area contributed by atoms with Crippen molar-refractivity contribution >= 4 is 47.7 Å². The minimum absolute atomic E-state index is 0. The largest absolute Gasteiger partial charge is 0.399 e. The van der Waals surface area contributed by atoms with Crippen molar-refractivity contribution in [2.24, 2.45) is 0 Å². The third-order valence-corrected chi connectivity index (χ3v) is 4.23. The summed E-state index contributed by atoms with van der Waals surface area (Å²) in [6, 6.07) is 7.68. The Labute approximate surface area is 147 Å². The van der Waals surface area contributed by atoms with Crippen molar-refractivity contribution in [3.05, 3.63) is 45.9 Å². The molecule has 0 radical (unpaired) electrons. The molecule has 2 rings (SSSR count). The second-order valence-electron chi connectivity index (χ2n) is 4.81. The molecular weight excluding hydrogens is 341 g/mol. The molecule has 0 saturated carbocycles. The van der Waals surface area contributed by atoms with Gasteiger partial charge >= 0.3 is 0 Å². The molecule has 22 heavy (non-hydrogen) atoms. The van der Waals surface area contributed by atoms with Gasteiger partial charge in [-0.1, -0.05) is 18.2 Å². The second-order valence-corrected chi connectivity index (χ2v) is 5.75. The first-order valence-electron chi connectivity index (χ1n) is 6.54. The van der Waals surface area contributed by atoms with Gasteiger partial charge in [0.05, 0.1) is 17.7 Å². The van der Waals surface area contributed by atoms with Gasteiger partial charge < -0.3 is 10.6 Å². The number of nitrogen functional groups attached to an aromatic ring is 1. The van der Waals surface area contributed by atoms with Crippen LogP contribution in [0.4, 0.5) is 5.69 Å². The maximum absolute atomic E-state index is 12.1. The lowest BCUT2D eigenvalue weighted by atomic mass is 10.1. The smallest absolute Gasteiger partial charge is 0.222 e. The van der Waals surface area contributed by atoms with E-state index in [1.165, 1.54) is 0 Å². The molecule has 4 nitrogen and oxygen atoms in total. The van der Waals surface area contributed by atoms with Gasteiger partial charge in [-0.05, 0) is 25.0 Å². The molecule has 2 N–H and O–H groups in total. The van der Waals surface area contributed by atoms with Crippen molar-refractivity contribution in [3.8, 4) is 0 Å². The minimum atomic E-state index is 0. The molecule has 0 spiro atoms. The predicted octanol–water partition coefficient (Wildman–Crippen LogP) is 3.47. The normalized spacial score (nSPS) is 9.55. The number of carbonyl (C=O) groups is 1. The van der Waals surface area contributed by atoms with E-state index in [9.17, 15) is 4.79 Å². The Morgan fingerprint density at radius 2 is 2.00 bits per heavy atom. The van der Waals surface area contributed by atoms with Gasteiger partial charge in [-0.2, -0.15) is 0 Å². The topological polar surface area (TPSA) is 59.2 Å². The number of thiazole rings is 1. The zero-order valence-electron chi connectivity index (χ0n) is 12.6. The Morgan fingerprint density at radius 3 is 2.59 bits per heavy atom. The maximum Gasteiger partial charge on any atom is 0.222 e. The molecule has 7 heteroatoms. The molecule has 122 valence electrons. The average molecular weight is 362 g/mol. The molecule has 0 aliphatic heterocycles. The molecule has 0 saturated heterocycles. The van der Waals surface area contributed by atoms with Crippen LogP contribution in [0, 0.1) is 6.92 Å². The summed E-state index contributed by atoms with van der Waals surface area (Å²) >= 11 is 1.59. The van der Waals surface area contributed by atoms with Gasteiger partial charge in [0, 0.05) is 24.0 Å². The number of nitrogens with zero attached hydrogens (tertiary/aromatic N) is 2. The summed E-state index contributed by atoms with van der Waals surface area (Å²) in [6.07, 6.45) is 1.15. The van der Waals surface area contributed by atoms with E-state index in [1.54, 1.807) is 16.2 Å². The minimum Gasteiger partial charge on any atom is -0.399 e. The van der Waals surface area contributed by atoms with Crippen LogP contribution < -0.4 is 5.73 Å². The summed E-state index contributed by atoms with van der Waals surface area (Å²) in [7, 11) is 1.83. The zero-order valence-corrected chi connectivity index (χ0v) is 15.1. The molecule has 2 aromatic rings. The summed E-state index contributed by atoms with van der Waals surface area (Å²) in [5, 5.41) is 0. The number of carbonyl (C=O) groups excluding carboxylic acids is 1. The fourth-order valence-corrected chi connectivity index (χ4v) is 2.81. The van der Waals surface area contributed by atoms with E-state index in [0.717, 1.165) is 21.8 Å². The van der Waals surface area contributed by atoms with E-state index < -0.39 is 0 Å². The van der Waals surface area contributed by atoms with Crippen LogP contribution in [0.25, 0.3) is 0 Å². The van der Waals surface area contributed by atoms with Gasteiger partial charge in [0.1, 0.15) is 0 Å². The highest BCUT2D eigenvalue weighted by molar-refractivity contribution is 7.09. The number of anilines is 1. The predicted molar refractivity (Wildman–Crippen MR) is 97.0 cm³/mol. The molecule has 1 amide bonds. The second kappa shape index (κ2) is 9.66. The number of aromatic nitrogens is 1. The average Bonchev–Trinajstić information content (AvgIpc) is 2.83. The first-order valence-corrected chi connectivity index (χ1v) is 7.42. The summed E-state index contributed by atoms with van der Waals surface area (Å²) in [5.74, 6) is 0.126. The van der Waals surface area contributed by atoms with Crippen LogP contribution in [0.5, 0.6) is 0 Å². The van der Waals surface area contributed by atoms with E-state index in [4.69, 9.17) is 5.73 Å². The molecule has 0 fully saturated rings. The molecule has 0 aliphatic carbocycles. The van der Waals surface area contributed by atoms with Crippen molar-refractivity contribution < 1.29 is 4.79 Å². The summed E-state index contributed by atoms with van der Waals surface area (Å²) in [4.78, 5) is 19.2. The number of aryl methyl sites for hydroxylation is 2. The van der Waals surface area contributed by atoms with Crippen molar-refractivity contribution in [2.45, 2.75) is 26.3 Å². The number of rotatable bonds is 5. The highest BCUT2D eigenvalue weighted by Gasteiger charge is 2.12. The third kappa shape index (κ3) is 5.48. The number of nitrogens with two attached hydrogens (primary N) is 1. The summed E-state index contributed by atoms with van der Waals surface area (Å²) in [6.45, 7) is 2.59. The summed E-state index contributed by atoms with van der Waals surface area (Å²) < 4.78 is 0. The van der Waals surface area contributed by atoms with Crippen LogP contribution in [-0.4, -0.2) is 22.8 Å². The number of halogens is 2. The van der Waals surface area contributed by atoms with Crippen LogP contribution in [0.1, 0.15) is 22.6 Å². The van der Waals surface area contributed by atoms with Gasteiger partial charge in [-0.15, -0.1) is 36.2 Å². The zero-order chi connectivity index (χ0) is 14.5. The lowest BCUT2D eigenvalue weighted by molar-refractivity contribution is -0.130. The standard InChI is InChI=1S/C15H19N3OS.2ClH/c1-11-14(20-10-17-11)9-18(2)15(19)8-7-12-5-3-4-6-13(12)16;;/h3-6,10H,7-9,16H2,1-2H3;2*1H. The van der Waals surface area contributed by atoms with E-state index in [-0.39, 0.29) is 30.7 Å². The van der Waals surface area contributed by atoms with Crippen LogP contribution in [0.2, 0.25) is 0 Å². The van der Waals surface area contributed by atoms with Crippen molar-refractivity contribution in [1.29, 1.82) is 0 Å². The Morgan fingerprint density at radius 1 is 1.32 bits per heavy atom. The Kier molecular flexibility index (Phi) is 9.09. The Balaban J connectivity index is 0.00000220. The number of hydrogen-bond donors (Lipinski definition) is 1. The van der Waals surface area contributed by atoms with Gasteiger partial charge in [0.15, 0.2) is 0 Å². The van der Waals surface area contributed by atoms with Gasteiger partial charge in [0.25, 0.3) is 0 Å². The number of benzene rings is 1. The fraction of sp³-hybridized carbons (Fsp3) is 0.333. The third-order valence-electron chi connectivity index (χ3n) is 3.31. The SMILES string of the molecule is Cc1ncsc1CN(C)C(=O)CCc1ccccc1N.Cl.Cl. The number of amides is 1. The van der Waals surface area contributed by atoms with Crippen molar-refractivity contribution in [3.63, 3.8) is 0 Å². The number of hydrogen-bond acceptors (Lipinski definition) is 4. The molecule has 0 unspecified atom stereocenters. The first-order chi connectivity index (χ1) is 9.58. The molecule has 0 bridgehead atoms. The van der Waals surface area contributed by atoms with Crippen LogP contribution in [0.15, 0.2) is 29.8 Å². The van der Waals surface area contributed by atoms with Crippen LogP contribution in [0.3, 0.4) is 0 Å². The molecule has 0 atom stereocenters. The monoisotopic (exact) mass is 361 g/mol. The van der Waals surface area contributed by atoms with Gasteiger partial charge in [-0.3, -0.25) is 4.79 Å². The van der Waals surface area contributed by atoms with Gasteiger partial charge in [-0.25, -0.2) is 4.98 Å². The molecule has 1 aromatic heterocycles. The number of para-hydroxylation sites is 1. The van der Waals surface area contributed by atoms with Crippen molar-refractivity contribution in [2.75, 3.05) is 12.8 Å². The van der Waals surface area contributed by atoms with E-state index in [0.29, 0.717) is 19.4 Å². The van der Waals surface area contributed by atoms with Gasteiger partial charge in [0.2, 0.25) is 5.91 Å². The van der Waals surface area contributed by atoms with Crippen LogP contribution >= 0.6 is 36.2 Å². The summed E-state index contributed by atoms with van der Waals surface area (Å²) in [5.41, 5.74) is 10.5. The van der Waals surface area contributed by atoms with Crippen LogP contribution in [-0.2, 0) is 17.8 Å². The fourth-order valence-electron chi connectivity index (χ4n) is 1.98. The lowest BCUT2D eigenvalue weighted by Crippen LogP contribution is -2.26. The Hall–Kier alpha value is -1.30. The Bertz CT molecular complexity index is 604. The highest BCUT2D eigenvalue weighted by atomic mass is 35.5. The molecule has 1 heterocycles. The lowest BCUT2D eigenvalue weighted by Gasteiger charge is -2.16. The van der Waals surface area contributed by atoms with Crippen molar-refractivity contribution in [1.82, 2.24) is 9.88 Å². The molecule has 0 aliphatic rings. The molecule has 1 aromatic carbocycles. The van der Waals surface area contributed by atoms with E-state index >= 15 is 0 Å².